The van der Waals surface area contributed by atoms with E-state index in [0.29, 0.717) is 5.92 Å². The van der Waals surface area contributed by atoms with E-state index in [-0.39, 0.29) is 40.8 Å². The molecule has 2 amide bonds. The first-order valence-electron chi connectivity index (χ1n) is 8.76. The molecular weight excluding hydrogens is 276 g/mol. The number of likely N-dealkylation sites (tertiary alicyclic amines) is 1. The van der Waals surface area contributed by atoms with E-state index in [4.69, 9.17) is 0 Å². The van der Waals surface area contributed by atoms with E-state index in [1.807, 2.05) is 0 Å². The van der Waals surface area contributed by atoms with Gasteiger partial charge >= 0.3 is 0 Å². The maximum atomic E-state index is 12.9. The molecule has 3 atom stereocenters. The van der Waals surface area contributed by atoms with Crippen molar-refractivity contribution in [3.8, 4) is 0 Å². The van der Waals surface area contributed by atoms with E-state index in [0.717, 1.165) is 32.1 Å². The van der Waals surface area contributed by atoms with Gasteiger partial charge in [0.25, 0.3) is 0 Å². The van der Waals surface area contributed by atoms with Gasteiger partial charge in [0.1, 0.15) is 0 Å². The minimum atomic E-state index is -0.0476. The van der Waals surface area contributed by atoms with E-state index in [9.17, 15) is 9.59 Å². The fourth-order valence-corrected chi connectivity index (χ4v) is 5.23. The van der Waals surface area contributed by atoms with E-state index >= 15 is 0 Å². The first-order valence-corrected chi connectivity index (χ1v) is 8.76. The monoisotopic (exact) mass is 306 g/mol. The largest absolute Gasteiger partial charge is 0.307 e. The van der Waals surface area contributed by atoms with Crippen LogP contribution in [0, 0.1) is 17.8 Å². The van der Waals surface area contributed by atoms with Crippen molar-refractivity contribution in [2.75, 3.05) is 0 Å². The third kappa shape index (κ3) is 2.70. The fourth-order valence-electron chi connectivity index (χ4n) is 5.23. The second-order valence-corrected chi connectivity index (χ2v) is 9.13. The van der Waals surface area contributed by atoms with Gasteiger partial charge in [-0.25, -0.2) is 0 Å². The highest BCUT2D eigenvalue weighted by atomic mass is 16.2. The van der Waals surface area contributed by atoms with Crippen molar-refractivity contribution in [3.63, 3.8) is 0 Å². The molecule has 1 N–H and O–H groups in total. The number of imide groups is 1. The molecule has 2 heterocycles. The number of amides is 2. The van der Waals surface area contributed by atoms with Crippen LogP contribution < -0.4 is 5.32 Å². The normalized spacial score (nSPS) is 38.2. The van der Waals surface area contributed by atoms with Crippen LogP contribution in [0.2, 0.25) is 0 Å². The van der Waals surface area contributed by atoms with Gasteiger partial charge in [0.05, 0.1) is 11.8 Å². The summed E-state index contributed by atoms with van der Waals surface area (Å²) in [5, 5.41) is 3.64. The Bertz CT molecular complexity index is 481. The molecule has 4 heteroatoms. The van der Waals surface area contributed by atoms with Gasteiger partial charge in [-0.05, 0) is 65.7 Å². The topological polar surface area (TPSA) is 49.4 Å². The number of carbonyl (C=O) groups is 2. The molecule has 3 rings (SSSR count). The highest BCUT2D eigenvalue weighted by Gasteiger charge is 2.53. The number of rotatable bonds is 1. The highest BCUT2D eigenvalue weighted by molar-refractivity contribution is 6.05. The molecule has 124 valence electrons. The molecular formula is C18H30N2O2. The molecule has 3 unspecified atom stereocenters. The zero-order chi connectivity index (χ0) is 16.3. The molecule has 3 fully saturated rings. The zero-order valence-electron chi connectivity index (χ0n) is 14.6. The average Bonchev–Trinajstić information content (AvgIpc) is 2.57. The first kappa shape index (κ1) is 16.0. The molecule has 0 bridgehead atoms. The van der Waals surface area contributed by atoms with Crippen LogP contribution in [0.1, 0.15) is 66.7 Å². The lowest BCUT2D eigenvalue weighted by atomic mass is 9.76. The Balaban J connectivity index is 1.85. The summed E-state index contributed by atoms with van der Waals surface area (Å²) in [7, 11) is 0. The van der Waals surface area contributed by atoms with Gasteiger partial charge in [-0.1, -0.05) is 6.92 Å². The lowest BCUT2D eigenvalue weighted by Crippen LogP contribution is -2.63. The van der Waals surface area contributed by atoms with Crippen molar-refractivity contribution in [2.24, 2.45) is 17.8 Å². The van der Waals surface area contributed by atoms with Crippen LogP contribution in [0.15, 0.2) is 0 Å². The number of piperidine rings is 1. The van der Waals surface area contributed by atoms with Crippen LogP contribution in [0.25, 0.3) is 0 Å². The van der Waals surface area contributed by atoms with Gasteiger partial charge in [-0.2, -0.15) is 0 Å². The van der Waals surface area contributed by atoms with Crippen molar-refractivity contribution >= 4 is 11.8 Å². The Morgan fingerprint density at radius 1 is 0.955 bits per heavy atom. The summed E-state index contributed by atoms with van der Waals surface area (Å²) < 4.78 is 0. The molecule has 3 aliphatic rings. The third-order valence-electron chi connectivity index (χ3n) is 5.76. The number of hydrogen-bond donors (Lipinski definition) is 1. The molecule has 4 nitrogen and oxygen atoms in total. The van der Waals surface area contributed by atoms with Crippen LogP contribution in [0.5, 0.6) is 0 Å². The molecule has 2 saturated heterocycles. The summed E-state index contributed by atoms with van der Waals surface area (Å²) in [4.78, 5) is 27.4. The summed E-state index contributed by atoms with van der Waals surface area (Å²) >= 11 is 0. The van der Waals surface area contributed by atoms with Crippen LogP contribution >= 0.6 is 0 Å². The van der Waals surface area contributed by atoms with Crippen LogP contribution in [-0.4, -0.2) is 33.8 Å². The van der Waals surface area contributed by atoms with Gasteiger partial charge in [0.15, 0.2) is 0 Å². The number of carbonyl (C=O) groups excluding carboxylic acids is 2. The van der Waals surface area contributed by atoms with Gasteiger partial charge < -0.3 is 5.32 Å². The lowest BCUT2D eigenvalue weighted by molar-refractivity contribution is -0.144. The van der Waals surface area contributed by atoms with Crippen molar-refractivity contribution < 1.29 is 9.59 Å². The summed E-state index contributed by atoms with van der Waals surface area (Å²) in [5.74, 6) is 0.710. The number of hydrogen-bond acceptors (Lipinski definition) is 3. The van der Waals surface area contributed by atoms with E-state index < -0.39 is 0 Å². The molecule has 0 aromatic heterocycles. The van der Waals surface area contributed by atoms with Gasteiger partial charge in [0, 0.05) is 17.1 Å². The van der Waals surface area contributed by atoms with Gasteiger partial charge in [-0.3, -0.25) is 14.5 Å². The second-order valence-electron chi connectivity index (χ2n) is 9.13. The standard InChI is InChI=1S/C18H30N2O2/c1-11-6-7-13-14(8-11)16(22)20(15(13)21)12-9-17(2,3)19-18(4,5)10-12/h11-14,19H,6-10H2,1-5H3. The predicted octanol–water partition coefficient (Wildman–Crippen LogP) is 2.72. The van der Waals surface area contributed by atoms with Crippen molar-refractivity contribution in [1.29, 1.82) is 0 Å². The maximum Gasteiger partial charge on any atom is 0.233 e. The smallest absolute Gasteiger partial charge is 0.233 e. The zero-order valence-corrected chi connectivity index (χ0v) is 14.6. The Morgan fingerprint density at radius 3 is 2.09 bits per heavy atom. The number of nitrogens with one attached hydrogen (secondary N) is 1. The van der Waals surface area contributed by atoms with E-state index in [1.165, 1.54) is 0 Å². The quantitative estimate of drug-likeness (QED) is 0.758. The maximum absolute atomic E-state index is 12.9. The lowest BCUT2D eigenvalue weighted by Gasteiger charge is -2.48. The second kappa shape index (κ2) is 5.05. The Morgan fingerprint density at radius 2 is 1.50 bits per heavy atom. The molecule has 0 aromatic carbocycles. The molecule has 0 radical (unpaired) electrons. The minimum Gasteiger partial charge on any atom is -0.307 e. The molecule has 0 aromatic rings. The fraction of sp³-hybridized carbons (Fsp3) is 0.889. The number of nitrogens with zero attached hydrogens (tertiary/aromatic N) is 1. The Kier molecular flexibility index (Phi) is 3.67. The minimum absolute atomic E-state index is 0.0372. The molecule has 1 saturated carbocycles. The SMILES string of the molecule is CC1CCC2C(=O)N(C3CC(C)(C)NC(C)(C)C3)C(=O)C2C1. The van der Waals surface area contributed by atoms with Crippen molar-refractivity contribution in [1.82, 2.24) is 10.2 Å². The van der Waals surface area contributed by atoms with Crippen molar-refractivity contribution in [2.45, 2.75) is 83.8 Å². The van der Waals surface area contributed by atoms with Crippen LogP contribution in [-0.2, 0) is 9.59 Å². The van der Waals surface area contributed by atoms with E-state index in [1.54, 1.807) is 4.90 Å². The Labute approximate surface area is 134 Å². The molecule has 22 heavy (non-hydrogen) atoms. The first-order chi connectivity index (χ1) is 10.1. The van der Waals surface area contributed by atoms with Gasteiger partial charge in [-0.15, -0.1) is 0 Å². The van der Waals surface area contributed by atoms with Gasteiger partial charge in [0.2, 0.25) is 11.8 Å². The molecule has 0 spiro atoms. The summed E-state index contributed by atoms with van der Waals surface area (Å²) in [5.41, 5.74) is -0.0952. The Hall–Kier alpha value is -0.900. The van der Waals surface area contributed by atoms with Crippen molar-refractivity contribution in [3.05, 3.63) is 0 Å². The summed E-state index contributed by atoms with van der Waals surface area (Å²) in [6.07, 6.45) is 4.57. The van der Waals surface area contributed by atoms with Crippen LogP contribution in [0.3, 0.4) is 0 Å². The molecule has 1 aliphatic carbocycles. The summed E-state index contributed by atoms with van der Waals surface area (Å²) in [6, 6.07) is 0.0483. The van der Waals surface area contributed by atoms with E-state index in [2.05, 4.69) is 39.9 Å². The average molecular weight is 306 g/mol. The highest BCUT2D eigenvalue weighted by Crippen LogP contribution is 2.43. The predicted molar refractivity (Wildman–Crippen MR) is 86.2 cm³/mol. The van der Waals surface area contributed by atoms with Crippen LogP contribution in [0.4, 0.5) is 0 Å². The third-order valence-corrected chi connectivity index (χ3v) is 5.76. The number of fused-ring (bicyclic) bond motifs is 1. The summed E-state index contributed by atoms with van der Waals surface area (Å²) in [6.45, 7) is 10.9. The molecule has 2 aliphatic heterocycles.